The minimum Gasteiger partial charge on any atom is -0.449 e. The highest BCUT2D eigenvalue weighted by Crippen LogP contribution is 2.12. The maximum atomic E-state index is 11.3. The van der Waals surface area contributed by atoms with Gasteiger partial charge in [-0.1, -0.05) is 0 Å². The largest absolute Gasteiger partial charge is 0.511 e. The second kappa shape index (κ2) is 8.40. The van der Waals surface area contributed by atoms with Crippen molar-refractivity contribution in [1.29, 1.82) is 0 Å². The van der Waals surface area contributed by atoms with Crippen LogP contribution in [0.5, 0.6) is 5.75 Å². The summed E-state index contributed by atoms with van der Waals surface area (Å²) in [6, 6.07) is 5.86. The third-order valence-corrected chi connectivity index (χ3v) is 2.52. The van der Waals surface area contributed by atoms with Crippen molar-refractivity contribution < 1.29 is 29.0 Å². The quantitative estimate of drug-likeness (QED) is 0.433. The Morgan fingerprint density at radius 2 is 1.73 bits per heavy atom. The van der Waals surface area contributed by atoms with Crippen LogP contribution < -0.4 is 15.4 Å². The molecule has 1 aliphatic rings. The first kappa shape index (κ1) is 17.2. The Kier molecular flexibility index (Phi) is 6.55. The molecule has 0 saturated carbocycles. The first-order chi connectivity index (χ1) is 10.4. The van der Waals surface area contributed by atoms with Crippen LogP contribution in [0.1, 0.15) is 30.1 Å². The number of carbonyl (C=O) groups excluding carboxylic acids is 3. The van der Waals surface area contributed by atoms with Crippen LogP contribution in [0.2, 0.25) is 0 Å². The standard InChI is InChI=1S/C10H11NO4.C4H5NO2/c1-2-11-9(12)7-3-5-8(6-4-7)15-10(13)14;6-3-1-2-4(7)5-3/h3-6H,2H2,1H3,(H,11,12)(H,13,14);1-2H2,(H,5,6,7). The molecular formula is C14H16N2O6. The van der Waals surface area contributed by atoms with Crippen molar-refractivity contribution in [1.82, 2.24) is 10.6 Å². The third-order valence-electron chi connectivity index (χ3n) is 2.52. The number of benzene rings is 1. The molecule has 0 aromatic heterocycles. The highest BCUT2D eigenvalue weighted by Gasteiger charge is 2.15. The SMILES string of the molecule is CCNC(=O)c1ccc(OC(=O)O)cc1.O=C1CCC(=O)N1. The van der Waals surface area contributed by atoms with Gasteiger partial charge in [0.15, 0.2) is 0 Å². The van der Waals surface area contributed by atoms with Crippen LogP contribution in [0.15, 0.2) is 24.3 Å². The molecule has 1 saturated heterocycles. The summed E-state index contributed by atoms with van der Waals surface area (Å²) < 4.78 is 4.39. The molecule has 1 aromatic carbocycles. The van der Waals surface area contributed by atoms with E-state index >= 15 is 0 Å². The minimum atomic E-state index is -1.37. The average Bonchev–Trinajstić information content (AvgIpc) is 2.83. The summed E-state index contributed by atoms with van der Waals surface area (Å²) in [7, 11) is 0. The van der Waals surface area contributed by atoms with Crippen LogP contribution in [-0.4, -0.2) is 35.5 Å². The molecule has 3 amide bonds. The highest BCUT2D eigenvalue weighted by molar-refractivity contribution is 6.01. The molecule has 1 aromatic rings. The molecule has 0 aliphatic carbocycles. The summed E-state index contributed by atoms with van der Waals surface area (Å²) in [6.45, 7) is 2.37. The molecule has 1 fully saturated rings. The van der Waals surface area contributed by atoms with Crippen molar-refractivity contribution in [2.24, 2.45) is 0 Å². The molecule has 3 N–H and O–H groups in total. The molecule has 0 spiro atoms. The van der Waals surface area contributed by atoms with Crippen molar-refractivity contribution in [2.75, 3.05) is 6.54 Å². The number of carbonyl (C=O) groups is 4. The monoisotopic (exact) mass is 308 g/mol. The van der Waals surface area contributed by atoms with Crippen LogP contribution in [0.4, 0.5) is 4.79 Å². The van der Waals surface area contributed by atoms with E-state index in [1.165, 1.54) is 24.3 Å². The van der Waals surface area contributed by atoms with Gasteiger partial charge < -0.3 is 15.2 Å². The lowest BCUT2D eigenvalue weighted by Crippen LogP contribution is -2.22. The zero-order valence-corrected chi connectivity index (χ0v) is 11.9. The number of rotatable bonds is 3. The Hall–Kier alpha value is -2.90. The number of nitrogens with one attached hydrogen (secondary N) is 2. The topological polar surface area (TPSA) is 122 Å². The molecule has 8 heteroatoms. The first-order valence-corrected chi connectivity index (χ1v) is 6.54. The van der Waals surface area contributed by atoms with E-state index in [0.29, 0.717) is 24.9 Å². The van der Waals surface area contributed by atoms with Gasteiger partial charge in [0, 0.05) is 24.9 Å². The molecule has 22 heavy (non-hydrogen) atoms. The molecule has 1 aliphatic heterocycles. The third kappa shape index (κ3) is 6.04. The smallest absolute Gasteiger partial charge is 0.449 e. The second-order valence-corrected chi connectivity index (χ2v) is 4.22. The van der Waals surface area contributed by atoms with Gasteiger partial charge >= 0.3 is 6.16 Å². The molecule has 0 atom stereocenters. The normalized spacial score (nSPS) is 12.8. The summed E-state index contributed by atoms with van der Waals surface area (Å²) >= 11 is 0. The van der Waals surface area contributed by atoms with Gasteiger partial charge in [0.25, 0.3) is 5.91 Å². The van der Waals surface area contributed by atoms with E-state index in [4.69, 9.17) is 5.11 Å². The number of ether oxygens (including phenoxy) is 1. The van der Waals surface area contributed by atoms with Gasteiger partial charge in [-0.15, -0.1) is 0 Å². The van der Waals surface area contributed by atoms with E-state index in [1.54, 1.807) is 0 Å². The molecular weight excluding hydrogens is 292 g/mol. The van der Waals surface area contributed by atoms with Gasteiger partial charge in [0.05, 0.1) is 0 Å². The molecule has 118 valence electrons. The van der Waals surface area contributed by atoms with Gasteiger partial charge in [-0.2, -0.15) is 0 Å². The maximum Gasteiger partial charge on any atom is 0.511 e. The summed E-state index contributed by atoms with van der Waals surface area (Å²) in [5, 5.41) is 13.1. The molecule has 0 bridgehead atoms. The van der Waals surface area contributed by atoms with Crippen LogP contribution in [0, 0.1) is 0 Å². The fraction of sp³-hybridized carbons (Fsp3) is 0.286. The predicted octanol–water partition coefficient (Wildman–Crippen LogP) is 0.916. The van der Waals surface area contributed by atoms with Crippen molar-refractivity contribution in [2.45, 2.75) is 19.8 Å². The summed E-state index contributed by atoms with van der Waals surface area (Å²) in [5.74, 6) is -0.301. The Bertz CT molecular complexity index is 553. The van der Waals surface area contributed by atoms with E-state index in [9.17, 15) is 19.2 Å². The van der Waals surface area contributed by atoms with Gasteiger partial charge in [-0.25, -0.2) is 4.79 Å². The van der Waals surface area contributed by atoms with E-state index < -0.39 is 6.16 Å². The number of hydrogen-bond donors (Lipinski definition) is 3. The lowest BCUT2D eigenvalue weighted by molar-refractivity contribution is -0.124. The van der Waals surface area contributed by atoms with E-state index in [1.807, 2.05) is 6.92 Å². The predicted molar refractivity (Wildman–Crippen MR) is 75.5 cm³/mol. The Morgan fingerprint density at radius 3 is 2.09 bits per heavy atom. The van der Waals surface area contributed by atoms with Crippen LogP contribution in [0.25, 0.3) is 0 Å². The Labute approximate surface area is 126 Å². The lowest BCUT2D eigenvalue weighted by Gasteiger charge is -2.03. The number of carboxylic acid groups (broad SMARTS) is 1. The van der Waals surface area contributed by atoms with Gasteiger partial charge in [-0.05, 0) is 31.2 Å². The summed E-state index contributed by atoms with van der Waals surface area (Å²) in [5.41, 5.74) is 0.467. The molecule has 2 rings (SSSR count). The highest BCUT2D eigenvalue weighted by atomic mass is 16.7. The summed E-state index contributed by atoms with van der Waals surface area (Å²) in [4.78, 5) is 41.7. The van der Waals surface area contributed by atoms with Crippen LogP contribution in [0.3, 0.4) is 0 Å². The van der Waals surface area contributed by atoms with Crippen LogP contribution >= 0.6 is 0 Å². The number of hydrogen-bond acceptors (Lipinski definition) is 5. The minimum absolute atomic E-state index is 0.148. The maximum absolute atomic E-state index is 11.3. The summed E-state index contributed by atoms with van der Waals surface area (Å²) in [6.07, 6.45) is -0.627. The Morgan fingerprint density at radius 1 is 1.18 bits per heavy atom. The fourth-order valence-electron chi connectivity index (χ4n) is 1.55. The zero-order valence-electron chi connectivity index (χ0n) is 11.9. The van der Waals surface area contributed by atoms with Crippen molar-refractivity contribution in [3.8, 4) is 5.75 Å². The van der Waals surface area contributed by atoms with Gasteiger partial charge in [0.1, 0.15) is 5.75 Å². The Balaban J connectivity index is 0.000000287. The van der Waals surface area contributed by atoms with E-state index in [2.05, 4.69) is 15.4 Å². The van der Waals surface area contributed by atoms with Crippen molar-refractivity contribution in [3.63, 3.8) is 0 Å². The fourth-order valence-corrected chi connectivity index (χ4v) is 1.55. The lowest BCUT2D eigenvalue weighted by atomic mass is 10.2. The second-order valence-electron chi connectivity index (χ2n) is 4.22. The van der Waals surface area contributed by atoms with E-state index in [0.717, 1.165) is 0 Å². The van der Waals surface area contributed by atoms with Crippen molar-refractivity contribution >= 4 is 23.9 Å². The zero-order chi connectivity index (χ0) is 16.5. The van der Waals surface area contributed by atoms with E-state index in [-0.39, 0.29) is 23.5 Å². The average molecular weight is 308 g/mol. The van der Waals surface area contributed by atoms with Gasteiger partial charge in [-0.3, -0.25) is 19.7 Å². The number of amides is 3. The molecule has 8 nitrogen and oxygen atoms in total. The first-order valence-electron chi connectivity index (χ1n) is 6.54. The molecule has 1 heterocycles. The van der Waals surface area contributed by atoms with Gasteiger partial charge in [0.2, 0.25) is 11.8 Å². The molecule has 0 unspecified atom stereocenters. The van der Waals surface area contributed by atoms with Crippen molar-refractivity contribution in [3.05, 3.63) is 29.8 Å². The number of imide groups is 1. The van der Waals surface area contributed by atoms with Crippen LogP contribution in [-0.2, 0) is 9.59 Å². The molecule has 0 radical (unpaired) electrons.